The molecule has 1 aliphatic carbocycles. The molecule has 0 N–H and O–H groups in total. The Kier molecular flexibility index (Phi) is 6.62. The van der Waals surface area contributed by atoms with Crippen LogP contribution in [-0.2, 0) is 15.9 Å². The zero-order valence-electron chi connectivity index (χ0n) is 16.5. The van der Waals surface area contributed by atoms with Crippen molar-refractivity contribution in [1.29, 1.82) is 0 Å². The first-order chi connectivity index (χ1) is 13.2. The lowest BCUT2D eigenvalue weighted by molar-refractivity contribution is -0.229. The Morgan fingerprint density at radius 3 is 2.56 bits per heavy atom. The molecule has 3 aliphatic rings. The van der Waals surface area contributed by atoms with E-state index in [0.29, 0.717) is 17.8 Å². The summed E-state index contributed by atoms with van der Waals surface area (Å²) in [7, 11) is 0. The highest BCUT2D eigenvalue weighted by molar-refractivity contribution is 6.19. The maximum absolute atomic E-state index is 6.11. The highest BCUT2D eigenvalue weighted by Crippen LogP contribution is 2.41. The van der Waals surface area contributed by atoms with Gasteiger partial charge in [-0.3, -0.25) is 0 Å². The Morgan fingerprint density at radius 1 is 1.04 bits per heavy atom. The number of halogens is 1. The van der Waals surface area contributed by atoms with E-state index in [1.54, 1.807) is 0 Å². The predicted octanol–water partition coefficient (Wildman–Crippen LogP) is 6.03. The summed E-state index contributed by atoms with van der Waals surface area (Å²) in [4.78, 5) is 0. The lowest BCUT2D eigenvalue weighted by Crippen LogP contribution is -2.38. The summed E-state index contributed by atoms with van der Waals surface area (Å²) in [5, 5.41) is 0. The normalized spacial score (nSPS) is 33.9. The molecule has 27 heavy (non-hydrogen) atoms. The predicted molar refractivity (Wildman–Crippen MR) is 108 cm³/mol. The first-order valence-electron chi connectivity index (χ1n) is 10.9. The van der Waals surface area contributed by atoms with Gasteiger partial charge in [0, 0.05) is 18.3 Å². The van der Waals surface area contributed by atoms with Gasteiger partial charge >= 0.3 is 0 Å². The average Bonchev–Trinajstić information content (AvgIpc) is 2.72. The van der Waals surface area contributed by atoms with Crippen LogP contribution in [0.4, 0.5) is 0 Å². The molecular weight excluding hydrogens is 360 g/mol. The molecule has 2 aliphatic heterocycles. The number of aryl methyl sites for hydroxylation is 1. The van der Waals surface area contributed by atoms with Crippen LogP contribution in [0.3, 0.4) is 0 Å². The SMILES string of the molecule is CCCCC1COC(C2CCC(c3ccc4c(c3)CCC(Cl)O4)CC2)OC1. The summed E-state index contributed by atoms with van der Waals surface area (Å²) in [6.07, 6.45) is 10.6. The summed E-state index contributed by atoms with van der Waals surface area (Å²) < 4.78 is 17.9. The largest absolute Gasteiger partial charge is 0.474 e. The number of hydrogen-bond acceptors (Lipinski definition) is 3. The van der Waals surface area contributed by atoms with Gasteiger partial charge in [0.2, 0.25) is 0 Å². The van der Waals surface area contributed by atoms with E-state index in [-0.39, 0.29) is 11.9 Å². The third kappa shape index (κ3) is 4.81. The molecule has 2 fully saturated rings. The fourth-order valence-electron chi connectivity index (χ4n) is 4.84. The topological polar surface area (TPSA) is 27.7 Å². The van der Waals surface area contributed by atoms with Crippen molar-refractivity contribution in [3.8, 4) is 5.75 Å². The standard InChI is InChI=1S/C23H33ClO3/c1-2-3-4-16-14-25-23(26-15-16)18-7-5-17(6-8-18)19-9-11-21-20(13-19)10-12-22(24)27-21/h9,11,13,16-18,22-23H,2-8,10,12,14-15H2,1H3. The van der Waals surface area contributed by atoms with Gasteiger partial charge in [-0.2, -0.15) is 0 Å². The lowest BCUT2D eigenvalue weighted by Gasteiger charge is -2.38. The fourth-order valence-corrected chi connectivity index (χ4v) is 5.05. The second-order valence-electron chi connectivity index (χ2n) is 8.59. The maximum atomic E-state index is 6.11. The number of unbranched alkanes of at least 4 members (excludes halogenated alkanes) is 1. The quantitative estimate of drug-likeness (QED) is 0.572. The van der Waals surface area contributed by atoms with Gasteiger partial charge in [0.15, 0.2) is 11.9 Å². The average molecular weight is 393 g/mol. The van der Waals surface area contributed by atoms with Crippen LogP contribution in [0.1, 0.15) is 75.3 Å². The van der Waals surface area contributed by atoms with E-state index < -0.39 is 0 Å². The molecule has 4 heteroatoms. The van der Waals surface area contributed by atoms with E-state index in [4.69, 9.17) is 25.8 Å². The Bertz CT molecular complexity index is 604. The van der Waals surface area contributed by atoms with Crippen molar-refractivity contribution >= 4 is 11.6 Å². The Hall–Kier alpha value is -0.770. The lowest BCUT2D eigenvalue weighted by atomic mass is 9.77. The Morgan fingerprint density at radius 2 is 1.81 bits per heavy atom. The van der Waals surface area contributed by atoms with Crippen molar-refractivity contribution in [2.45, 2.75) is 82.5 Å². The van der Waals surface area contributed by atoms with E-state index in [1.165, 1.54) is 56.1 Å². The number of hydrogen-bond donors (Lipinski definition) is 0. The smallest absolute Gasteiger partial charge is 0.172 e. The molecule has 2 heterocycles. The molecule has 4 rings (SSSR count). The van der Waals surface area contributed by atoms with Gasteiger partial charge in [0.1, 0.15) is 5.75 Å². The number of fused-ring (bicyclic) bond motifs is 1. The first-order valence-corrected chi connectivity index (χ1v) is 11.3. The van der Waals surface area contributed by atoms with Gasteiger partial charge < -0.3 is 14.2 Å². The van der Waals surface area contributed by atoms with Crippen LogP contribution >= 0.6 is 11.6 Å². The van der Waals surface area contributed by atoms with Crippen molar-refractivity contribution in [3.05, 3.63) is 29.3 Å². The number of rotatable bonds is 5. The monoisotopic (exact) mass is 392 g/mol. The molecule has 1 unspecified atom stereocenters. The minimum atomic E-state index is -0.171. The van der Waals surface area contributed by atoms with Crippen molar-refractivity contribution in [1.82, 2.24) is 0 Å². The Labute approximate surface area is 168 Å². The molecule has 0 radical (unpaired) electrons. The van der Waals surface area contributed by atoms with Gasteiger partial charge in [-0.1, -0.05) is 43.5 Å². The van der Waals surface area contributed by atoms with Crippen LogP contribution in [0.25, 0.3) is 0 Å². The minimum absolute atomic E-state index is 0.0291. The van der Waals surface area contributed by atoms with Gasteiger partial charge in [-0.25, -0.2) is 0 Å². The fraction of sp³-hybridized carbons (Fsp3) is 0.739. The molecule has 1 saturated heterocycles. The van der Waals surface area contributed by atoms with Crippen LogP contribution in [-0.4, -0.2) is 25.1 Å². The number of ether oxygens (including phenoxy) is 3. The highest BCUT2D eigenvalue weighted by atomic mass is 35.5. The molecule has 0 bridgehead atoms. The molecule has 3 nitrogen and oxygen atoms in total. The molecule has 1 aromatic carbocycles. The summed E-state index contributed by atoms with van der Waals surface area (Å²) in [6.45, 7) is 4.02. The molecule has 1 saturated carbocycles. The first kappa shape index (κ1) is 19.5. The third-order valence-electron chi connectivity index (χ3n) is 6.57. The number of alkyl halides is 1. The summed E-state index contributed by atoms with van der Waals surface area (Å²) in [6, 6.07) is 6.72. The van der Waals surface area contributed by atoms with Crippen molar-refractivity contribution in [2.75, 3.05) is 13.2 Å². The van der Waals surface area contributed by atoms with Crippen molar-refractivity contribution < 1.29 is 14.2 Å². The van der Waals surface area contributed by atoms with E-state index in [9.17, 15) is 0 Å². The molecule has 0 spiro atoms. The van der Waals surface area contributed by atoms with Gasteiger partial charge in [0.05, 0.1) is 13.2 Å². The third-order valence-corrected chi connectivity index (χ3v) is 6.87. The zero-order chi connectivity index (χ0) is 18.6. The summed E-state index contributed by atoms with van der Waals surface area (Å²) >= 11 is 6.11. The zero-order valence-corrected chi connectivity index (χ0v) is 17.3. The molecular formula is C23H33ClO3. The van der Waals surface area contributed by atoms with Crippen molar-refractivity contribution in [3.63, 3.8) is 0 Å². The molecule has 1 atom stereocenters. The summed E-state index contributed by atoms with van der Waals surface area (Å²) in [5.41, 5.74) is 2.62. The van der Waals surface area contributed by atoms with E-state index in [2.05, 4.69) is 25.1 Å². The molecule has 1 aromatic rings. The number of benzene rings is 1. The van der Waals surface area contributed by atoms with Gasteiger partial charge in [-0.15, -0.1) is 0 Å². The van der Waals surface area contributed by atoms with Crippen LogP contribution in [0, 0.1) is 11.8 Å². The summed E-state index contributed by atoms with van der Waals surface area (Å²) in [5.74, 6) is 2.79. The second kappa shape index (κ2) is 9.15. The van der Waals surface area contributed by atoms with Crippen LogP contribution in [0.5, 0.6) is 5.75 Å². The van der Waals surface area contributed by atoms with E-state index >= 15 is 0 Å². The Balaban J connectivity index is 1.27. The molecule has 0 amide bonds. The van der Waals surface area contributed by atoms with Gasteiger partial charge in [-0.05, 0) is 61.6 Å². The molecule has 0 aromatic heterocycles. The van der Waals surface area contributed by atoms with E-state index in [0.717, 1.165) is 31.8 Å². The maximum Gasteiger partial charge on any atom is 0.172 e. The minimum Gasteiger partial charge on any atom is -0.474 e. The second-order valence-corrected chi connectivity index (χ2v) is 9.08. The highest BCUT2D eigenvalue weighted by Gasteiger charge is 2.33. The molecule has 150 valence electrons. The van der Waals surface area contributed by atoms with Crippen LogP contribution in [0.15, 0.2) is 18.2 Å². The van der Waals surface area contributed by atoms with Crippen molar-refractivity contribution in [2.24, 2.45) is 11.8 Å². The van der Waals surface area contributed by atoms with E-state index in [1.807, 2.05) is 0 Å². The van der Waals surface area contributed by atoms with Gasteiger partial charge in [0.25, 0.3) is 0 Å². The van der Waals surface area contributed by atoms with Crippen LogP contribution in [0.2, 0.25) is 0 Å². The van der Waals surface area contributed by atoms with Crippen LogP contribution < -0.4 is 4.74 Å².